The molecule has 0 aromatic carbocycles. The highest BCUT2D eigenvalue weighted by Crippen LogP contribution is 2.13. The molecule has 14 heavy (non-hydrogen) atoms. The minimum absolute atomic E-state index is 0.566. The van der Waals surface area contributed by atoms with Crippen molar-refractivity contribution in [3.8, 4) is 0 Å². The third kappa shape index (κ3) is 1.90. The molecule has 2 rings (SSSR count). The van der Waals surface area contributed by atoms with E-state index in [1.165, 1.54) is 13.0 Å². The predicted octanol–water partition coefficient (Wildman–Crippen LogP) is 0.926. The highest BCUT2D eigenvalue weighted by molar-refractivity contribution is 5.27. The number of aryl methyl sites for hydroxylation is 1. The van der Waals surface area contributed by atoms with E-state index >= 15 is 0 Å². The van der Waals surface area contributed by atoms with E-state index in [2.05, 4.69) is 22.1 Å². The standard InChI is InChI=1S/C10H18N4/c1-3-14-6-4-9(8-14)12-10-11-5-7-13(10)2/h5,7,9H,3-4,6,8H2,1-2H3,(H,11,12). The van der Waals surface area contributed by atoms with E-state index in [0.29, 0.717) is 6.04 Å². The second-order valence-electron chi connectivity index (χ2n) is 3.88. The maximum atomic E-state index is 4.26. The van der Waals surface area contributed by atoms with Crippen LogP contribution in [0, 0.1) is 0 Å². The van der Waals surface area contributed by atoms with E-state index in [9.17, 15) is 0 Å². The number of nitrogens with one attached hydrogen (secondary N) is 1. The minimum atomic E-state index is 0.566. The third-order valence-electron chi connectivity index (χ3n) is 2.87. The summed E-state index contributed by atoms with van der Waals surface area (Å²) in [6.45, 7) is 5.71. The van der Waals surface area contributed by atoms with Gasteiger partial charge in [0.15, 0.2) is 0 Å². The first-order valence-electron chi connectivity index (χ1n) is 5.26. The molecule has 4 nitrogen and oxygen atoms in total. The number of hydrogen-bond acceptors (Lipinski definition) is 3. The Morgan fingerprint density at radius 1 is 1.64 bits per heavy atom. The number of imidazole rings is 1. The number of likely N-dealkylation sites (N-methyl/N-ethyl adjacent to an activating group) is 1. The summed E-state index contributed by atoms with van der Waals surface area (Å²) < 4.78 is 2.02. The van der Waals surface area contributed by atoms with Crippen molar-refractivity contribution in [3.63, 3.8) is 0 Å². The van der Waals surface area contributed by atoms with E-state index in [1.807, 2.05) is 24.0 Å². The van der Waals surface area contributed by atoms with Crippen LogP contribution in [0.25, 0.3) is 0 Å². The van der Waals surface area contributed by atoms with Gasteiger partial charge in [-0.1, -0.05) is 6.92 Å². The van der Waals surface area contributed by atoms with Gasteiger partial charge in [0.05, 0.1) is 0 Å². The molecule has 0 aliphatic carbocycles. The molecule has 2 heterocycles. The van der Waals surface area contributed by atoms with E-state index < -0.39 is 0 Å². The number of aromatic nitrogens is 2. The highest BCUT2D eigenvalue weighted by Gasteiger charge is 2.21. The van der Waals surface area contributed by atoms with Gasteiger partial charge in [-0.05, 0) is 13.0 Å². The smallest absolute Gasteiger partial charge is 0.202 e. The lowest BCUT2D eigenvalue weighted by atomic mass is 10.3. The Bertz CT molecular complexity index is 294. The van der Waals surface area contributed by atoms with Gasteiger partial charge in [0.2, 0.25) is 5.95 Å². The van der Waals surface area contributed by atoms with Gasteiger partial charge in [0.25, 0.3) is 0 Å². The second-order valence-corrected chi connectivity index (χ2v) is 3.88. The summed E-state index contributed by atoms with van der Waals surface area (Å²) in [7, 11) is 2.02. The number of rotatable bonds is 3. The van der Waals surface area contributed by atoms with Crippen LogP contribution in [-0.2, 0) is 7.05 Å². The Balaban J connectivity index is 1.90. The Kier molecular flexibility index (Phi) is 2.72. The molecule has 0 spiro atoms. The van der Waals surface area contributed by atoms with Gasteiger partial charge < -0.3 is 14.8 Å². The minimum Gasteiger partial charge on any atom is -0.352 e. The molecule has 0 bridgehead atoms. The lowest BCUT2D eigenvalue weighted by Gasteiger charge is -2.14. The summed E-state index contributed by atoms with van der Waals surface area (Å²) >= 11 is 0. The first kappa shape index (κ1) is 9.52. The molecule has 0 saturated carbocycles. The maximum absolute atomic E-state index is 4.26. The number of hydrogen-bond donors (Lipinski definition) is 1. The second kappa shape index (κ2) is 4.00. The van der Waals surface area contributed by atoms with Crippen LogP contribution in [0.1, 0.15) is 13.3 Å². The van der Waals surface area contributed by atoms with Gasteiger partial charge in [-0.3, -0.25) is 0 Å². The molecular formula is C10H18N4. The maximum Gasteiger partial charge on any atom is 0.202 e. The van der Waals surface area contributed by atoms with Crippen molar-refractivity contribution in [2.45, 2.75) is 19.4 Å². The van der Waals surface area contributed by atoms with E-state index in [-0.39, 0.29) is 0 Å². The lowest BCUT2D eigenvalue weighted by Crippen LogP contribution is -2.26. The van der Waals surface area contributed by atoms with Crippen molar-refractivity contribution in [2.75, 3.05) is 25.0 Å². The molecule has 1 aliphatic heterocycles. The summed E-state index contributed by atoms with van der Waals surface area (Å²) in [5.41, 5.74) is 0. The molecule has 0 amide bonds. The van der Waals surface area contributed by atoms with E-state index in [1.54, 1.807) is 0 Å². The van der Waals surface area contributed by atoms with Gasteiger partial charge in [-0.15, -0.1) is 0 Å². The summed E-state index contributed by atoms with van der Waals surface area (Å²) in [6.07, 6.45) is 5.02. The normalized spacial score (nSPS) is 22.9. The fourth-order valence-corrected chi connectivity index (χ4v) is 1.92. The molecule has 1 N–H and O–H groups in total. The molecule has 1 aromatic rings. The zero-order chi connectivity index (χ0) is 9.97. The van der Waals surface area contributed by atoms with Crippen LogP contribution < -0.4 is 5.32 Å². The molecule has 1 fully saturated rings. The average molecular weight is 194 g/mol. The van der Waals surface area contributed by atoms with Crippen LogP contribution in [0.2, 0.25) is 0 Å². The third-order valence-corrected chi connectivity index (χ3v) is 2.87. The number of anilines is 1. The number of nitrogens with zero attached hydrogens (tertiary/aromatic N) is 3. The average Bonchev–Trinajstić information content (AvgIpc) is 2.77. The topological polar surface area (TPSA) is 33.1 Å². The summed E-state index contributed by atoms with van der Waals surface area (Å²) in [4.78, 5) is 6.72. The Morgan fingerprint density at radius 3 is 3.07 bits per heavy atom. The molecule has 4 heteroatoms. The lowest BCUT2D eigenvalue weighted by molar-refractivity contribution is 0.355. The van der Waals surface area contributed by atoms with E-state index in [4.69, 9.17) is 0 Å². The van der Waals surface area contributed by atoms with Crippen molar-refractivity contribution < 1.29 is 0 Å². The Morgan fingerprint density at radius 2 is 2.50 bits per heavy atom. The summed E-state index contributed by atoms with van der Waals surface area (Å²) in [5, 5.41) is 3.46. The molecule has 1 atom stereocenters. The van der Waals surface area contributed by atoms with Crippen LogP contribution >= 0.6 is 0 Å². The van der Waals surface area contributed by atoms with Gasteiger partial charge in [0.1, 0.15) is 0 Å². The predicted molar refractivity (Wildman–Crippen MR) is 57.3 cm³/mol. The first-order valence-corrected chi connectivity index (χ1v) is 5.26. The van der Waals surface area contributed by atoms with Crippen molar-refractivity contribution in [3.05, 3.63) is 12.4 Å². The quantitative estimate of drug-likeness (QED) is 0.777. The van der Waals surface area contributed by atoms with Gasteiger partial charge in [-0.2, -0.15) is 0 Å². The molecule has 0 radical (unpaired) electrons. The first-order chi connectivity index (χ1) is 6.79. The monoisotopic (exact) mass is 194 g/mol. The van der Waals surface area contributed by atoms with Crippen molar-refractivity contribution in [2.24, 2.45) is 7.05 Å². The molecular weight excluding hydrogens is 176 g/mol. The molecule has 1 saturated heterocycles. The molecule has 1 aromatic heterocycles. The van der Waals surface area contributed by atoms with Gasteiger partial charge >= 0.3 is 0 Å². The zero-order valence-corrected chi connectivity index (χ0v) is 8.90. The van der Waals surface area contributed by atoms with Crippen LogP contribution in [0.15, 0.2) is 12.4 Å². The van der Waals surface area contributed by atoms with Crippen molar-refractivity contribution >= 4 is 5.95 Å². The van der Waals surface area contributed by atoms with Crippen molar-refractivity contribution in [1.82, 2.24) is 14.5 Å². The van der Waals surface area contributed by atoms with Gasteiger partial charge in [-0.25, -0.2) is 4.98 Å². The Hall–Kier alpha value is -1.03. The van der Waals surface area contributed by atoms with Gasteiger partial charge in [0, 0.05) is 38.6 Å². The zero-order valence-electron chi connectivity index (χ0n) is 8.90. The van der Waals surface area contributed by atoms with Crippen LogP contribution in [0.3, 0.4) is 0 Å². The van der Waals surface area contributed by atoms with Crippen LogP contribution in [0.5, 0.6) is 0 Å². The molecule has 1 unspecified atom stereocenters. The summed E-state index contributed by atoms with van der Waals surface area (Å²) in [5.74, 6) is 0.980. The Labute approximate surface area is 84.9 Å². The molecule has 78 valence electrons. The SMILES string of the molecule is CCN1CCC(Nc2nccn2C)C1. The van der Waals surface area contributed by atoms with E-state index in [0.717, 1.165) is 19.0 Å². The number of likely N-dealkylation sites (tertiary alicyclic amines) is 1. The van der Waals surface area contributed by atoms with Crippen LogP contribution in [0.4, 0.5) is 5.95 Å². The highest BCUT2D eigenvalue weighted by atomic mass is 15.2. The fraction of sp³-hybridized carbons (Fsp3) is 0.700. The molecule has 1 aliphatic rings. The fourth-order valence-electron chi connectivity index (χ4n) is 1.92. The van der Waals surface area contributed by atoms with Crippen LogP contribution in [-0.4, -0.2) is 40.1 Å². The van der Waals surface area contributed by atoms with Crippen molar-refractivity contribution in [1.29, 1.82) is 0 Å². The summed E-state index contributed by atoms with van der Waals surface area (Å²) in [6, 6.07) is 0.566. The largest absolute Gasteiger partial charge is 0.352 e.